The van der Waals surface area contributed by atoms with Crippen molar-refractivity contribution in [2.75, 3.05) is 13.1 Å². The predicted molar refractivity (Wildman–Crippen MR) is 55.5 cm³/mol. The monoisotopic (exact) mass is 194 g/mol. The molecule has 1 aromatic rings. The molecule has 13 heavy (non-hydrogen) atoms. The van der Waals surface area contributed by atoms with Crippen LogP contribution in [-0.4, -0.2) is 18.9 Å². The number of aliphatic imine (C=N–C) groups is 1. The van der Waals surface area contributed by atoms with Crippen molar-refractivity contribution in [1.82, 2.24) is 5.32 Å². The highest BCUT2D eigenvalue weighted by molar-refractivity contribution is 6.31. The van der Waals surface area contributed by atoms with E-state index in [-0.39, 0.29) is 0 Å². The van der Waals surface area contributed by atoms with Gasteiger partial charge in [0, 0.05) is 23.7 Å². The van der Waals surface area contributed by atoms with Crippen LogP contribution in [0.3, 0.4) is 0 Å². The SMILES string of the molecule is Clc1cccc(C2=NCCCN2)c1. The van der Waals surface area contributed by atoms with Gasteiger partial charge in [0.1, 0.15) is 5.84 Å². The Kier molecular flexibility index (Phi) is 2.50. The van der Waals surface area contributed by atoms with Crippen LogP contribution in [0.4, 0.5) is 0 Å². The van der Waals surface area contributed by atoms with E-state index >= 15 is 0 Å². The van der Waals surface area contributed by atoms with Gasteiger partial charge in [-0.05, 0) is 18.6 Å². The summed E-state index contributed by atoms with van der Waals surface area (Å²) in [5.41, 5.74) is 1.08. The number of hydrogen-bond donors (Lipinski definition) is 1. The van der Waals surface area contributed by atoms with Crippen molar-refractivity contribution < 1.29 is 0 Å². The van der Waals surface area contributed by atoms with Crippen molar-refractivity contribution in [2.24, 2.45) is 4.99 Å². The number of nitrogens with zero attached hydrogens (tertiary/aromatic N) is 1. The molecule has 0 unspecified atom stereocenters. The molecule has 0 fully saturated rings. The Morgan fingerprint density at radius 2 is 2.31 bits per heavy atom. The molecule has 3 heteroatoms. The molecule has 1 aliphatic heterocycles. The predicted octanol–water partition coefficient (Wildman–Crippen LogP) is 2.08. The molecule has 0 aromatic heterocycles. The minimum atomic E-state index is 0.757. The first kappa shape index (κ1) is 8.57. The van der Waals surface area contributed by atoms with Gasteiger partial charge in [0.05, 0.1) is 0 Å². The topological polar surface area (TPSA) is 24.4 Å². The molecule has 0 atom stereocenters. The van der Waals surface area contributed by atoms with Gasteiger partial charge in [-0.2, -0.15) is 0 Å². The summed E-state index contributed by atoms with van der Waals surface area (Å²) in [6, 6.07) is 7.76. The quantitative estimate of drug-likeness (QED) is 0.728. The summed E-state index contributed by atoms with van der Waals surface area (Å²) in [6.45, 7) is 1.92. The molecule has 0 saturated carbocycles. The largest absolute Gasteiger partial charge is 0.370 e. The van der Waals surface area contributed by atoms with E-state index in [2.05, 4.69) is 10.3 Å². The number of benzene rings is 1. The minimum Gasteiger partial charge on any atom is -0.370 e. The normalized spacial score (nSPS) is 16.2. The lowest BCUT2D eigenvalue weighted by Crippen LogP contribution is -2.30. The molecule has 1 aliphatic rings. The van der Waals surface area contributed by atoms with Gasteiger partial charge in [-0.25, -0.2) is 0 Å². The summed E-state index contributed by atoms with van der Waals surface area (Å²) >= 11 is 5.88. The van der Waals surface area contributed by atoms with Gasteiger partial charge in [-0.15, -0.1) is 0 Å². The highest BCUT2D eigenvalue weighted by Gasteiger charge is 2.06. The van der Waals surface area contributed by atoms with Crippen LogP contribution in [0, 0.1) is 0 Å². The molecule has 68 valence electrons. The molecular formula is C10H11ClN2. The molecule has 0 amide bonds. The van der Waals surface area contributed by atoms with Gasteiger partial charge < -0.3 is 5.32 Å². The Labute approximate surface area is 82.6 Å². The molecule has 1 N–H and O–H groups in total. The van der Waals surface area contributed by atoms with Gasteiger partial charge in [0.25, 0.3) is 0 Å². The van der Waals surface area contributed by atoms with Crippen LogP contribution in [0.25, 0.3) is 0 Å². The highest BCUT2D eigenvalue weighted by Crippen LogP contribution is 2.11. The Morgan fingerprint density at radius 3 is 3.00 bits per heavy atom. The fourth-order valence-electron chi connectivity index (χ4n) is 1.36. The number of hydrogen-bond acceptors (Lipinski definition) is 2. The first-order chi connectivity index (χ1) is 6.36. The second kappa shape index (κ2) is 3.79. The van der Waals surface area contributed by atoms with Gasteiger partial charge in [0.2, 0.25) is 0 Å². The number of rotatable bonds is 1. The standard InChI is InChI=1S/C10H11ClN2/c11-9-4-1-3-8(7-9)10-12-5-2-6-13-10/h1,3-4,7H,2,5-6H2,(H,12,13). The van der Waals surface area contributed by atoms with Gasteiger partial charge in [-0.1, -0.05) is 23.7 Å². The lowest BCUT2D eigenvalue weighted by atomic mass is 10.2. The summed E-state index contributed by atoms with van der Waals surface area (Å²) in [4.78, 5) is 4.39. The Balaban J connectivity index is 2.29. The van der Waals surface area contributed by atoms with Crippen molar-refractivity contribution in [3.05, 3.63) is 34.9 Å². The molecule has 2 nitrogen and oxygen atoms in total. The first-order valence-electron chi connectivity index (χ1n) is 4.40. The molecule has 1 heterocycles. The third kappa shape index (κ3) is 2.01. The molecule has 0 radical (unpaired) electrons. The smallest absolute Gasteiger partial charge is 0.128 e. The van der Waals surface area contributed by atoms with Crippen LogP contribution in [0.15, 0.2) is 29.3 Å². The summed E-state index contributed by atoms with van der Waals surface area (Å²) in [5.74, 6) is 0.966. The third-order valence-corrected chi connectivity index (χ3v) is 2.23. The zero-order valence-corrected chi connectivity index (χ0v) is 8.01. The lowest BCUT2D eigenvalue weighted by Gasteiger charge is -2.14. The maximum absolute atomic E-state index is 5.88. The van der Waals surface area contributed by atoms with Gasteiger partial charge in [-0.3, -0.25) is 4.99 Å². The van der Waals surface area contributed by atoms with E-state index in [1.807, 2.05) is 24.3 Å². The first-order valence-corrected chi connectivity index (χ1v) is 4.78. The minimum absolute atomic E-state index is 0.757. The fourth-order valence-corrected chi connectivity index (χ4v) is 1.55. The average molecular weight is 195 g/mol. The molecule has 2 rings (SSSR count). The molecule has 0 aliphatic carbocycles. The van der Waals surface area contributed by atoms with E-state index in [1.54, 1.807) is 0 Å². The second-order valence-electron chi connectivity index (χ2n) is 3.02. The fraction of sp³-hybridized carbons (Fsp3) is 0.300. The zero-order chi connectivity index (χ0) is 9.10. The number of nitrogens with one attached hydrogen (secondary N) is 1. The Morgan fingerprint density at radius 1 is 1.38 bits per heavy atom. The molecular weight excluding hydrogens is 184 g/mol. The highest BCUT2D eigenvalue weighted by atomic mass is 35.5. The molecule has 0 spiro atoms. The lowest BCUT2D eigenvalue weighted by molar-refractivity contribution is 0.742. The van der Waals surface area contributed by atoms with Gasteiger partial charge >= 0.3 is 0 Å². The van der Waals surface area contributed by atoms with E-state index in [0.29, 0.717) is 0 Å². The van der Waals surface area contributed by atoms with Crippen LogP contribution >= 0.6 is 11.6 Å². The molecule has 1 aromatic carbocycles. The van der Waals surface area contributed by atoms with Crippen molar-refractivity contribution in [3.8, 4) is 0 Å². The number of amidine groups is 1. The summed E-state index contributed by atoms with van der Waals surface area (Å²) in [7, 11) is 0. The van der Waals surface area contributed by atoms with E-state index in [1.165, 1.54) is 0 Å². The van der Waals surface area contributed by atoms with Crippen molar-refractivity contribution in [1.29, 1.82) is 0 Å². The number of halogens is 1. The Hall–Kier alpha value is -1.02. The zero-order valence-electron chi connectivity index (χ0n) is 7.26. The van der Waals surface area contributed by atoms with E-state index in [0.717, 1.165) is 35.9 Å². The van der Waals surface area contributed by atoms with Crippen LogP contribution in [0.5, 0.6) is 0 Å². The van der Waals surface area contributed by atoms with Crippen LogP contribution < -0.4 is 5.32 Å². The van der Waals surface area contributed by atoms with Crippen molar-refractivity contribution in [2.45, 2.75) is 6.42 Å². The molecule has 0 bridgehead atoms. The van der Waals surface area contributed by atoms with E-state index in [9.17, 15) is 0 Å². The van der Waals surface area contributed by atoms with Crippen LogP contribution in [0.2, 0.25) is 5.02 Å². The average Bonchev–Trinajstić information content (AvgIpc) is 2.19. The molecule has 0 saturated heterocycles. The summed E-state index contributed by atoms with van der Waals surface area (Å²) < 4.78 is 0. The third-order valence-electron chi connectivity index (χ3n) is 2.00. The Bertz CT molecular complexity index is 333. The van der Waals surface area contributed by atoms with Gasteiger partial charge in [0.15, 0.2) is 0 Å². The maximum atomic E-state index is 5.88. The van der Waals surface area contributed by atoms with Crippen molar-refractivity contribution >= 4 is 17.4 Å². The second-order valence-corrected chi connectivity index (χ2v) is 3.46. The maximum Gasteiger partial charge on any atom is 0.128 e. The summed E-state index contributed by atoms with van der Waals surface area (Å²) in [6.07, 6.45) is 1.12. The van der Waals surface area contributed by atoms with Crippen LogP contribution in [0.1, 0.15) is 12.0 Å². The van der Waals surface area contributed by atoms with Crippen LogP contribution in [-0.2, 0) is 0 Å². The summed E-state index contributed by atoms with van der Waals surface area (Å²) in [5, 5.41) is 4.01. The van der Waals surface area contributed by atoms with Crippen molar-refractivity contribution in [3.63, 3.8) is 0 Å². The van der Waals surface area contributed by atoms with E-state index < -0.39 is 0 Å². The van der Waals surface area contributed by atoms with E-state index in [4.69, 9.17) is 11.6 Å².